The maximum Gasteiger partial charge on any atom is 0.310 e. The summed E-state index contributed by atoms with van der Waals surface area (Å²) < 4.78 is 0. The fourth-order valence-corrected chi connectivity index (χ4v) is 3.09. The van der Waals surface area contributed by atoms with Gasteiger partial charge < -0.3 is 10.2 Å². The molecule has 0 aliphatic heterocycles. The van der Waals surface area contributed by atoms with Gasteiger partial charge in [0.15, 0.2) is 11.6 Å². The van der Waals surface area contributed by atoms with Crippen molar-refractivity contribution in [2.75, 3.05) is 0 Å². The Morgan fingerprint density at radius 1 is 1.00 bits per heavy atom. The number of allylic oxidation sites excluding steroid dienone is 2. The molecule has 2 aromatic rings. The summed E-state index contributed by atoms with van der Waals surface area (Å²) in [4.78, 5) is 33.8. The van der Waals surface area contributed by atoms with Crippen molar-refractivity contribution in [1.82, 2.24) is 0 Å². The summed E-state index contributed by atoms with van der Waals surface area (Å²) in [5, 5.41) is 18.3. The van der Waals surface area contributed by atoms with Gasteiger partial charge in [-0.15, -0.1) is 0 Å². The highest BCUT2D eigenvalue weighted by Gasteiger charge is 2.25. The Balaban J connectivity index is 0.000000207. The second-order valence-corrected chi connectivity index (χ2v) is 7.62. The van der Waals surface area contributed by atoms with Crippen molar-refractivity contribution >= 4 is 17.5 Å². The number of carboxylic acids is 1. The standard InChI is InChI=1S/C13H18O2.C11H8O3/c1-9(2)8-11-4-6-12(7-5-11)10(3)13(14)15;1-6-5-9(13)10-7(11(6)14)3-2-4-8(10)12/h4-7,9-10H,8H2,1-3H3,(H,14,15);2-5,12H,1H3. The molecule has 1 unspecified atom stereocenters. The summed E-state index contributed by atoms with van der Waals surface area (Å²) in [6, 6.07) is 12.4. The molecule has 2 N–H and O–H groups in total. The Kier molecular flexibility index (Phi) is 7.10. The number of carboxylic acid groups (broad SMARTS) is 1. The van der Waals surface area contributed by atoms with Gasteiger partial charge in [-0.3, -0.25) is 14.4 Å². The van der Waals surface area contributed by atoms with Gasteiger partial charge in [0.25, 0.3) is 0 Å². The average Bonchev–Trinajstić information content (AvgIpc) is 2.66. The molecular formula is C24H26O5. The Hall–Kier alpha value is -3.21. The van der Waals surface area contributed by atoms with Crippen LogP contribution in [0.4, 0.5) is 0 Å². The van der Waals surface area contributed by atoms with Crippen molar-refractivity contribution in [2.24, 2.45) is 5.92 Å². The van der Waals surface area contributed by atoms with Crippen LogP contribution < -0.4 is 0 Å². The Bertz CT molecular complexity index is 952. The molecule has 0 heterocycles. The van der Waals surface area contributed by atoms with E-state index in [1.54, 1.807) is 26.0 Å². The molecule has 152 valence electrons. The SMILES string of the molecule is CC(C)Cc1ccc(C(C)C(=O)O)cc1.CC1=CC(=O)c2c(O)cccc2C1=O. The number of ketones is 2. The van der Waals surface area contributed by atoms with Crippen molar-refractivity contribution in [1.29, 1.82) is 0 Å². The molecule has 0 spiro atoms. The number of phenols is 1. The van der Waals surface area contributed by atoms with Crippen LogP contribution in [0, 0.1) is 5.92 Å². The van der Waals surface area contributed by atoms with Crippen LogP contribution in [0.1, 0.15) is 65.5 Å². The predicted octanol–water partition coefficient (Wildman–Crippen LogP) is 4.79. The van der Waals surface area contributed by atoms with Crippen molar-refractivity contribution in [3.63, 3.8) is 0 Å². The quantitative estimate of drug-likeness (QED) is 0.778. The van der Waals surface area contributed by atoms with Gasteiger partial charge in [0.1, 0.15) is 5.75 Å². The third-order valence-electron chi connectivity index (χ3n) is 4.73. The highest BCUT2D eigenvalue weighted by molar-refractivity contribution is 6.25. The van der Waals surface area contributed by atoms with Gasteiger partial charge in [-0.25, -0.2) is 0 Å². The zero-order valence-corrected chi connectivity index (χ0v) is 17.1. The molecule has 0 saturated carbocycles. The number of hydrogen-bond acceptors (Lipinski definition) is 4. The minimum atomic E-state index is -0.772. The zero-order chi connectivity index (χ0) is 21.7. The number of fused-ring (bicyclic) bond motifs is 1. The van der Waals surface area contributed by atoms with Gasteiger partial charge in [0, 0.05) is 11.1 Å². The number of aromatic hydroxyl groups is 1. The number of rotatable bonds is 4. The summed E-state index contributed by atoms with van der Waals surface area (Å²) in [6.07, 6.45) is 2.30. The lowest BCUT2D eigenvalue weighted by molar-refractivity contribution is -0.138. The molecule has 0 bridgehead atoms. The summed E-state index contributed by atoms with van der Waals surface area (Å²) in [5.74, 6) is -1.20. The summed E-state index contributed by atoms with van der Waals surface area (Å²) in [5.41, 5.74) is 2.95. The highest BCUT2D eigenvalue weighted by atomic mass is 16.4. The minimum Gasteiger partial charge on any atom is -0.507 e. The molecule has 1 aliphatic rings. The smallest absolute Gasteiger partial charge is 0.310 e. The lowest BCUT2D eigenvalue weighted by Crippen LogP contribution is -2.15. The molecule has 0 amide bonds. The first kappa shape index (κ1) is 22.1. The number of carbonyl (C=O) groups excluding carboxylic acids is 2. The predicted molar refractivity (Wildman–Crippen MR) is 112 cm³/mol. The van der Waals surface area contributed by atoms with Crippen LogP contribution in [0.3, 0.4) is 0 Å². The Labute approximate surface area is 170 Å². The van der Waals surface area contributed by atoms with Gasteiger partial charge in [-0.1, -0.05) is 50.2 Å². The third-order valence-corrected chi connectivity index (χ3v) is 4.73. The first-order valence-corrected chi connectivity index (χ1v) is 9.52. The van der Waals surface area contributed by atoms with Crippen molar-refractivity contribution < 1.29 is 24.6 Å². The van der Waals surface area contributed by atoms with E-state index in [1.807, 2.05) is 24.3 Å². The molecule has 5 heteroatoms. The number of phenolic OH excluding ortho intramolecular Hbond substituents is 1. The maximum absolute atomic E-state index is 11.6. The maximum atomic E-state index is 11.6. The molecule has 0 fully saturated rings. The monoisotopic (exact) mass is 394 g/mol. The molecule has 5 nitrogen and oxygen atoms in total. The van der Waals surface area contributed by atoms with Crippen LogP contribution in [-0.4, -0.2) is 27.7 Å². The first-order chi connectivity index (χ1) is 13.6. The van der Waals surface area contributed by atoms with Crippen molar-refractivity contribution in [3.05, 3.63) is 76.4 Å². The number of aliphatic carboxylic acids is 1. The van der Waals surface area contributed by atoms with Crippen LogP contribution in [0.25, 0.3) is 0 Å². The fourth-order valence-electron chi connectivity index (χ4n) is 3.09. The van der Waals surface area contributed by atoms with Gasteiger partial charge >= 0.3 is 5.97 Å². The van der Waals surface area contributed by atoms with E-state index in [4.69, 9.17) is 5.11 Å². The van der Waals surface area contributed by atoms with E-state index in [2.05, 4.69) is 13.8 Å². The average molecular weight is 394 g/mol. The van der Waals surface area contributed by atoms with E-state index in [-0.39, 0.29) is 28.4 Å². The van der Waals surface area contributed by atoms with Crippen LogP contribution in [0.2, 0.25) is 0 Å². The largest absolute Gasteiger partial charge is 0.507 e. The van der Waals surface area contributed by atoms with E-state index < -0.39 is 11.9 Å². The topological polar surface area (TPSA) is 91.7 Å². The summed E-state index contributed by atoms with van der Waals surface area (Å²) >= 11 is 0. The van der Waals surface area contributed by atoms with Gasteiger partial charge in [0.05, 0.1) is 11.5 Å². The molecule has 2 aromatic carbocycles. The molecule has 3 rings (SSSR count). The third kappa shape index (κ3) is 5.41. The van der Waals surface area contributed by atoms with Gasteiger partial charge in [0.2, 0.25) is 0 Å². The Morgan fingerprint density at radius 3 is 2.17 bits per heavy atom. The van der Waals surface area contributed by atoms with Crippen LogP contribution >= 0.6 is 0 Å². The number of hydrogen-bond donors (Lipinski definition) is 2. The first-order valence-electron chi connectivity index (χ1n) is 9.52. The van der Waals surface area contributed by atoms with Crippen LogP contribution in [0.5, 0.6) is 5.75 Å². The highest BCUT2D eigenvalue weighted by Crippen LogP contribution is 2.27. The van der Waals surface area contributed by atoms with E-state index >= 15 is 0 Å². The van der Waals surface area contributed by atoms with Crippen molar-refractivity contribution in [3.8, 4) is 5.75 Å². The number of benzene rings is 2. The van der Waals surface area contributed by atoms with Crippen molar-refractivity contribution in [2.45, 2.75) is 40.0 Å². The molecular weight excluding hydrogens is 368 g/mol. The molecule has 0 saturated heterocycles. The minimum absolute atomic E-state index is 0.114. The number of carbonyl (C=O) groups is 3. The second-order valence-electron chi connectivity index (χ2n) is 7.62. The Morgan fingerprint density at radius 2 is 1.62 bits per heavy atom. The molecule has 29 heavy (non-hydrogen) atoms. The van der Waals surface area contributed by atoms with E-state index in [0.717, 1.165) is 12.0 Å². The summed E-state index contributed by atoms with van der Waals surface area (Å²) in [7, 11) is 0. The lowest BCUT2D eigenvalue weighted by Gasteiger charge is -2.12. The van der Waals surface area contributed by atoms with Gasteiger partial charge in [-0.2, -0.15) is 0 Å². The molecule has 0 radical (unpaired) electrons. The van der Waals surface area contributed by atoms with Crippen LogP contribution in [-0.2, 0) is 11.2 Å². The second kappa shape index (κ2) is 9.32. The normalized spacial score (nSPS) is 13.9. The molecule has 1 aliphatic carbocycles. The van der Waals surface area contributed by atoms with E-state index in [9.17, 15) is 19.5 Å². The molecule has 1 atom stereocenters. The van der Waals surface area contributed by atoms with E-state index in [1.165, 1.54) is 17.7 Å². The van der Waals surface area contributed by atoms with E-state index in [0.29, 0.717) is 11.5 Å². The van der Waals surface area contributed by atoms with Crippen LogP contribution in [0.15, 0.2) is 54.1 Å². The zero-order valence-electron chi connectivity index (χ0n) is 17.1. The van der Waals surface area contributed by atoms with Gasteiger partial charge in [-0.05, 0) is 49.5 Å². The number of Topliss-reactive ketones (excluding diaryl/α,β-unsaturated/α-hetero) is 1. The fraction of sp³-hybridized carbons (Fsp3) is 0.292. The molecule has 0 aromatic heterocycles. The summed E-state index contributed by atoms with van der Waals surface area (Å²) in [6.45, 7) is 7.65. The lowest BCUT2D eigenvalue weighted by atomic mass is 9.90.